The Morgan fingerprint density at radius 1 is 0.292 bits per heavy atom. The molecule has 330 valence electrons. The predicted octanol–water partition coefficient (Wildman–Crippen LogP) is 15.1. The molecule has 0 saturated heterocycles. The first kappa shape index (κ1) is 41.5. The van der Waals surface area contributed by atoms with Gasteiger partial charge in [0.2, 0.25) is 0 Å². The van der Waals surface area contributed by atoms with Gasteiger partial charge >= 0.3 is 0 Å². The Kier molecular flexibility index (Phi) is 9.55. The first-order valence-corrected chi connectivity index (χ1v) is 23.3. The summed E-state index contributed by atoms with van der Waals surface area (Å²) in [7, 11) is 0. The number of nitrogens with zero attached hydrogens (tertiary/aromatic N) is 8. The molecule has 13 rings (SSSR count). The van der Waals surface area contributed by atoms with Crippen LogP contribution in [0.3, 0.4) is 0 Å². The minimum Gasteiger partial charge on any atom is -0.309 e. The Morgan fingerprint density at radius 3 is 0.931 bits per heavy atom. The van der Waals surface area contributed by atoms with Gasteiger partial charge in [-0.1, -0.05) is 72.8 Å². The van der Waals surface area contributed by atoms with Crippen LogP contribution in [0.5, 0.6) is 0 Å². The zero-order valence-electron chi connectivity index (χ0n) is 38.2. The monoisotopic (exact) mass is 914 g/mol. The number of hydrogen-bond donors (Lipinski definition) is 0. The fourth-order valence-electron chi connectivity index (χ4n) is 10.7. The van der Waals surface area contributed by atoms with Crippen LogP contribution in [-0.4, -0.2) is 19.1 Å². The molecule has 0 fully saturated rings. The van der Waals surface area contributed by atoms with Crippen molar-refractivity contribution in [3.05, 3.63) is 229 Å². The van der Waals surface area contributed by atoms with Crippen molar-refractivity contribution in [2.24, 2.45) is 0 Å². The molecule has 8 nitrogen and oxygen atoms in total. The summed E-state index contributed by atoms with van der Waals surface area (Å²) in [4.78, 5) is 9.31. The predicted molar refractivity (Wildman–Crippen MR) is 286 cm³/mol. The second-order valence-corrected chi connectivity index (χ2v) is 17.8. The molecule has 0 amide bonds. The van der Waals surface area contributed by atoms with Gasteiger partial charge in [0.25, 0.3) is 0 Å². The van der Waals surface area contributed by atoms with Crippen LogP contribution < -0.4 is 0 Å². The first-order chi connectivity index (χ1) is 35.5. The summed E-state index contributed by atoms with van der Waals surface area (Å²) in [6, 6.07) is 74.7. The van der Waals surface area contributed by atoms with Crippen molar-refractivity contribution >= 4 is 65.2 Å². The van der Waals surface area contributed by atoms with E-state index in [1.165, 1.54) is 0 Å². The number of aromatic nitrogens is 4. The van der Waals surface area contributed by atoms with Crippen molar-refractivity contribution in [1.29, 1.82) is 21.0 Å². The average Bonchev–Trinajstić information content (AvgIpc) is 3.95. The molecule has 8 heteroatoms. The van der Waals surface area contributed by atoms with E-state index >= 15 is 0 Å². The number of fused-ring (bicyclic) bond motifs is 8. The maximum absolute atomic E-state index is 9.98. The molecule has 0 saturated carbocycles. The lowest BCUT2D eigenvalue weighted by Gasteiger charge is -2.21. The van der Waals surface area contributed by atoms with Crippen molar-refractivity contribution in [1.82, 2.24) is 19.1 Å². The third-order valence-corrected chi connectivity index (χ3v) is 13.9. The SMILES string of the molecule is N#Cc1ccc2c(c1)c1cc(C#N)ccc1n2-c1ccc2c(-c3ccc(-c4ccccn4)cc3)c3cc(-n4c5ccc(C#N)cc5c5cc(C#N)ccc54)ccc3c(-c3ccc(-c4ccccn4)cc3)c2c1. The molecule has 0 atom stereocenters. The van der Waals surface area contributed by atoms with Gasteiger partial charge in [-0.15, -0.1) is 0 Å². The molecule has 0 aliphatic rings. The van der Waals surface area contributed by atoms with Gasteiger partial charge in [0.1, 0.15) is 0 Å². The van der Waals surface area contributed by atoms with Crippen LogP contribution in [0.4, 0.5) is 0 Å². The molecule has 0 unspecified atom stereocenters. The Morgan fingerprint density at radius 2 is 0.625 bits per heavy atom. The Hall–Kier alpha value is -10.6. The average molecular weight is 915 g/mol. The van der Waals surface area contributed by atoms with Crippen LogP contribution in [0.1, 0.15) is 22.3 Å². The van der Waals surface area contributed by atoms with Crippen LogP contribution >= 0.6 is 0 Å². The van der Waals surface area contributed by atoms with Crippen molar-refractivity contribution in [2.75, 3.05) is 0 Å². The summed E-state index contributed by atoms with van der Waals surface area (Å²) in [5, 5.41) is 47.6. The zero-order valence-corrected chi connectivity index (χ0v) is 38.2. The van der Waals surface area contributed by atoms with Crippen molar-refractivity contribution < 1.29 is 0 Å². The van der Waals surface area contributed by atoms with E-state index in [-0.39, 0.29) is 0 Å². The highest BCUT2D eigenvalue weighted by Crippen LogP contribution is 2.47. The standard InChI is InChI=1S/C64H34N8/c65-35-39-7-23-59-51(29-39)52-30-40(36-66)8-24-60(52)71(59)47-20-22-50-55(33-47)63(45-15-11-43(12-16-45)57-5-1-3-27-69-57)49-21-19-48(34-56(49)64(50)46-17-13-44(14-18-46)58-6-2-4-28-70-58)72-61-25-9-41(37-67)31-53(61)54-32-42(38-68)10-26-62(54)72/h1-34H. The molecule has 0 bridgehead atoms. The molecule has 13 aromatic rings. The van der Waals surface area contributed by atoms with E-state index in [0.717, 1.165) is 121 Å². The Bertz CT molecular complexity index is 4140. The number of rotatable bonds is 6. The molecule has 4 heterocycles. The normalized spacial score (nSPS) is 11.3. The number of nitriles is 4. The lowest BCUT2D eigenvalue weighted by Crippen LogP contribution is -1.98. The van der Waals surface area contributed by atoms with Crippen LogP contribution in [0.15, 0.2) is 207 Å². The van der Waals surface area contributed by atoms with Gasteiger partial charge in [-0.3, -0.25) is 9.97 Å². The molecule has 0 radical (unpaired) electrons. The van der Waals surface area contributed by atoms with Gasteiger partial charge in [-0.25, -0.2) is 0 Å². The maximum Gasteiger partial charge on any atom is 0.0991 e. The molecule has 0 N–H and O–H groups in total. The van der Waals surface area contributed by atoms with Crippen LogP contribution in [0, 0.1) is 45.3 Å². The van der Waals surface area contributed by atoms with Gasteiger partial charge in [-0.2, -0.15) is 21.0 Å². The van der Waals surface area contributed by atoms with Crippen molar-refractivity contribution in [3.8, 4) is 80.4 Å². The molecular formula is C64H34N8. The lowest BCUT2D eigenvalue weighted by molar-refractivity contribution is 1.18. The Balaban J connectivity index is 1.14. The minimum absolute atomic E-state index is 0.545. The van der Waals surface area contributed by atoms with E-state index in [4.69, 9.17) is 0 Å². The summed E-state index contributed by atoms with van der Waals surface area (Å²) in [6.45, 7) is 0. The van der Waals surface area contributed by atoms with Crippen LogP contribution in [-0.2, 0) is 0 Å². The minimum atomic E-state index is 0.545. The summed E-state index contributed by atoms with van der Waals surface area (Å²) in [5.74, 6) is 0. The third kappa shape index (κ3) is 6.57. The molecular weight excluding hydrogens is 881 g/mol. The fourth-order valence-corrected chi connectivity index (χ4v) is 10.7. The summed E-state index contributed by atoms with van der Waals surface area (Å²) < 4.78 is 4.46. The van der Waals surface area contributed by atoms with E-state index in [1.807, 2.05) is 122 Å². The van der Waals surface area contributed by atoms with Gasteiger partial charge in [0, 0.05) is 56.4 Å². The molecule has 0 aliphatic heterocycles. The van der Waals surface area contributed by atoms with E-state index in [9.17, 15) is 21.0 Å². The molecule has 0 aliphatic carbocycles. The first-order valence-electron chi connectivity index (χ1n) is 23.3. The van der Waals surface area contributed by atoms with E-state index in [2.05, 4.69) is 128 Å². The lowest BCUT2D eigenvalue weighted by atomic mass is 9.85. The highest BCUT2D eigenvalue weighted by atomic mass is 15.0. The molecule has 9 aromatic carbocycles. The topological polar surface area (TPSA) is 131 Å². The fraction of sp³-hybridized carbons (Fsp3) is 0. The van der Waals surface area contributed by atoms with Gasteiger partial charge in [0.15, 0.2) is 0 Å². The largest absolute Gasteiger partial charge is 0.309 e. The number of pyridine rings is 2. The van der Waals surface area contributed by atoms with E-state index in [1.54, 1.807) is 0 Å². The summed E-state index contributed by atoms with van der Waals surface area (Å²) >= 11 is 0. The van der Waals surface area contributed by atoms with E-state index < -0.39 is 0 Å². The molecule has 72 heavy (non-hydrogen) atoms. The van der Waals surface area contributed by atoms with E-state index in [0.29, 0.717) is 22.3 Å². The molecule has 0 spiro atoms. The van der Waals surface area contributed by atoms with Gasteiger partial charge in [-0.05, 0) is 165 Å². The third-order valence-electron chi connectivity index (χ3n) is 13.9. The Labute approximate surface area is 412 Å². The maximum atomic E-state index is 9.98. The van der Waals surface area contributed by atoms with Crippen LogP contribution in [0.25, 0.3) is 121 Å². The van der Waals surface area contributed by atoms with Crippen molar-refractivity contribution in [3.63, 3.8) is 0 Å². The smallest absolute Gasteiger partial charge is 0.0991 e. The van der Waals surface area contributed by atoms with Crippen molar-refractivity contribution in [2.45, 2.75) is 0 Å². The van der Waals surface area contributed by atoms with Gasteiger partial charge < -0.3 is 9.13 Å². The van der Waals surface area contributed by atoms with Crippen LogP contribution in [0.2, 0.25) is 0 Å². The second kappa shape index (κ2) is 16.6. The second-order valence-electron chi connectivity index (χ2n) is 17.8. The van der Waals surface area contributed by atoms with Gasteiger partial charge in [0.05, 0.1) is 80.0 Å². The zero-order chi connectivity index (χ0) is 48.5. The highest BCUT2D eigenvalue weighted by molar-refractivity contribution is 6.23. The summed E-state index contributed by atoms with van der Waals surface area (Å²) in [6.07, 6.45) is 3.62. The number of hydrogen-bond acceptors (Lipinski definition) is 6. The quantitative estimate of drug-likeness (QED) is 0.153. The highest BCUT2D eigenvalue weighted by Gasteiger charge is 2.22. The number of benzene rings is 9. The summed E-state index contributed by atoms with van der Waals surface area (Å²) in [5.41, 5.74) is 15.6. The molecule has 4 aromatic heterocycles.